The van der Waals surface area contributed by atoms with Crippen molar-refractivity contribution >= 4 is 23.2 Å². The molecule has 1 unspecified atom stereocenters. The number of rotatable bonds is 3. The smallest absolute Gasteiger partial charge is 0.391 e. The van der Waals surface area contributed by atoms with E-state index in [4.69, 9.17) is 23.2 Å². The fraction of sp³-hybridized carbons (Fsp3) is 0.400. The zero-order valence-corrected chi connectivity index (χ0v) is 9.57. The van der Waals surface area contributed by atoms with Gasteiger partial charge in [-0.3, -0.25) is 0 Å². The third-order valence-electron chi connectivity index (χ3n) is 1.92. The fourth-order valence-electron chi connectivity index (χ4n) is 1.28. The zero-order chi connectivity index (χ0) is 12.3. The Hall–Kier alpha value is -0.450. The molecule has 0 heterocycles. The Morgan fingerprint density at radius 2 is 1.81 bits per heavy atom. The van der Waals surface area contributed by atoms with Gasteiger partial charge in [0.15, 0.2) is 0 Å². The SMILES string of the molecule is OC(Cc1ccc(Cl)c(Cl)c1)CC(F)(F)F. The Balaban J connectivity index is 2.63. The van der Waals surface area contributed by atoms with Crippen molar-refractivity contribution in [1.29, 1.82) is 0 Å². The van der Waals surface area contributed by atoms with Crippen molar-refractivity contribution in [3.8, 4) is 0 Å². The van der Waals surface area contributed by atoms with Crippen molar-refractivity contribution in [3.05, 3.63) is 33.8 Å². The van der Waals surface area contributed by atoms with E-state index in [1.54, 1.807) is 0 Å². The lowest BCUT2D eigenvalue weighted by atomic mass is 10.1. The quantitative estimate of drug-likeness (QED) is 0.886. The summed E-state index contributed by atoms with van der Waals surface area (Å²) in [5, 5.41) is 9.79. The van der Waals surface area contributed by atoms with E-state index in [1.165, 1.54) is 18.2 Å². The summed E-state index contributed by atoms with van der Waals surface area (Å²) in [6, 6.07) is 4.47. The van der Waals surface area contributed by atoms with Gasteiger partial charge in [0.25, 0.3) is 0 Å². The minimum atomic E-state index is -4.37. The summed E-state index contributed by atoms with van der Waals surface area (Å²) in [5.74, 6) is 0. The van der Waals surface area contributed by atoms with Crippen LogP contribution >= 0.6 is 23.2 Å². The minimum absolute atomic E-state index is 0.101. The summed E-state index contributed by atoms with van der Waals surface area (Å²) in [6.45, 7) is 0. The molecule has 0 fully saturated rings. The Kier molecular flexibility index (Phi) is 4.47. The van der Waals surface area contributed by atoms with Crippen molar-refractivity contribution in [2.45, 2.75) is 25.1 Å². The lowest BCUT2D eigenvalue weighted by Crippen LogP contribution is -2.21. The van der Waals surface area contributed by atoms with Crippen molar-refractivity contribution in [1.82, 2.24) is 0 Å². The average Bonchev–Trinajstić information content (AvgIpc) is 2.08. The van der Waals surface area contributed by atoms with Crippen molar-refractivity contribution in [3.63, 3.8) is 0 Å². The second-order valence-electron chi connectivity index (χ2n) is 3.43. The summed E-state index contributed by atoms with van der Waals surface area (Å²) < 4.78 is 35.8. The topological polar surface area (TPSA) is 20.2 Å². The first-order chi connectivity index (χ1) is 7.28. The first-order valence-corrected chi connectivity index (χ1v) is 5.22. The molecule has 0 aromatic heterocycles. The first kappa shape index (κ1) is 13.6. The summed E-state index contributed by atoms with van der Waals surface area (Å²) in [5.41, 5.74) is 0.520. The minimum Gasteiger partial charge on any atom is -0.392 e. The molecule has 16 heavy (non-hydrogen) atoms. The molecule has 0 aliphatic rings. The van der Waals surface area contributed by atoms with Gasteiger partial charge in [-0.1, -0.05) is 29.3 Å². The van der Waals surface area contributed by atoms with Gasteiger partial charge in [0.1, 0.15) is 0 Å². The van der Waals surface area contributed by atoms with Crippen molar-refractivity contribution in [2.75, 3.05) is 0 Å². The van der Waals surface area contributed by atoms with E-state index < -0.39 is 18.7 Å². The maximum atomic E-state index is 11.9. The maximum Gasteiger partial charge on any atom is 0.391 e. The molecule has 1 atom stereocenters. The summed E-state index contributed by atoms with van der Waals surface area (Å²) in [4.78, 5) is 0. The van der Waals surface area contributed by atoms with Gasteiger partial charge in [-0.2, -0.15) is 13.2 Å². The molecular weight excluding hydrogens is 264 g/mol. The van der Waals surface area contributed by atoms with Gasteiger partial charge in [-0.15, -0.1) is 0 Å². The highest BCUT2D eigenvalue weighted by Gasteiger charge is 2.30. The molecule has 90 valence electrons. The van der Waals surface area contributed by atoms with E-state index in [2.05, 4.69) is 0 Å². The Bertz CT molecular complexity index is 366. The Morgan fingerprint density at radius 1 is 1.19 bits per heavy atom. The number of aliphatic hydroxyl groups is 1. The van der Waals surface area contributed by atoms with Crippen LogP contribution in [0.2, 0.25) is 10.0 Å². The first-order valence-electron chi connectivity index (χ1n) is 4.46. The number of benzene rings is 1. The molecule has 0 aliphatic heterocycles. The molecule has 0 aliphatic carbocycles. The molecule has 1 rings (SSSR count). The summed E-state index contributed by atoms with van der Waals surface area (Å²) in [6.07, 6.45) is -7.16. The maximum absolute atomic E-state index is 11.9. The summed E-state index contributed by atoms with van der Waals surface area (Å²) in [7, 11) is 0. The lowest BCUT2D eigenvalue weighted by molar-refractivity contribution is -0.153. The van der Waals surface area contributed by atoms with Crippen LogP contribution in [-0.2, 0) is 6.42 Å². The lowest BCUT2D eigenvalue weighted by Gasteiger charge is -2.13. The standard InChI is InChI=1S/C10H9Cl2F3O/c11-8-2-1-6(4-9(8)12)3-7(16)5-10(13,14)15/h1-2,4,7,16H,3,5H2. The van der Waals surface area contributed by atoms with Crippen LogP contribution in [-0.4, -0.2) is 17.4 Å². The number of alkyl halides is 3. The van der Waals surface area contributed by atoms with E-state index >= 15 is 0 Å². The van der Waals surface area contributed by atoms with Gasteiger partial charge in [0, 0.05) is 0 Å². The fourth-order valence-corrected chi connectivity index (χ4v) is 1.60. The molecule has 1 aromatic carbocycles. The highest BCUT2D eigenvalue weighted by atomic mass is 35.5. The molecule has 1 nitrogen and oxygen atoms in total. The number of hydrogen-bond acceptors (Lipinski definition) is 1. The number of aliphatic hydroxyl groups excluding tert-OH is 1. The van der Waals surface area contributed by atoms with Gasteiger partial charge >= 0.3 is 6.18 Å². The van der Waals surface area contributed by atoms with Crippen LogP contribution in [0.3, 0.4) is 0 Å². The van der Waals surface area contributed by atoms with Crippen molar-refractivity contribution in [2.24, 2.45) is 0 Å². The highest BCUT2D eigenvalue weighted by molar-refractivity contribution is 6.42. The largest absolute Gasteiger partial charge is 0.392 e. The molecule has 0 bridgehead atoms. The van der Waals surface area contributed by atoms with Gasteiger partial charge in [-0.05, 0) is 24.1 Å². The van der Waals surface area contributed by atoms with E-state index in [-0.39, 0.29) is 11.4 Å². The predicted octanol–water partition coefficient (Wildman–Crippen LogP) is 3.85. The molecule has 0 amide bonds. The number of halogens is 5. The van der Waals surface area contributed by atoms with Crippen LogP contribution in [0, 0.1) is 0 Å². The number of hydrogen-bond donors (Lipinski definition) is 1. The Labute approximate surface area is 101 Å². The molecular formula is C10H9Cl2F3O. The van der Waals surface area contributed by atoms with E-state index in [9.17, 15) is 18.3 Å². The molecule has 0 saturated heterocycles. The van der Waals surface area contributed by atoms with Gasteiger partial charge < -0.3 is 5.11 Å². The summed E-state index contributed by atoms with van der Waals surface area (Å²) >= 11 is 11.3. The van der Waals surface area contributed by atoms with Gasteiger partial charge in [-0.25, -0.2) is 0 Å². The van der Waals surface area contributed by atoms with Crippen LogP contribution in [0.4, 0.5) is 13.2 Å². The average molecular weight is 273 g/mol. The second-order valence-corrected chi connectivity index (χ2v) is 4.24. The normalized spacial score (nSPS) is 13.9. The molecule has 0 spiro atoms. The predicted molar refractivity (Wildman–Crippen MR) is 56.8 cm³/mol. The molecule has 0 radical (unpaired) electrons. The monoisotopic (exact) mass is 272 g/mol. The van der Waals surface area contributed by atoms with E-state index in [1.807, 2.05) is 0 Å². The van der Waals surface area contributed by atoms with Crippen LogP contribution in [0.1, 0.15) is 12.0 Å². The molecule has 1 N–H and O–H groups in total. The van der Waals surface area contributed by atoms with Crippen LogP contribution in [0.15, 0.2) is 18.2 Å². The van der Waals surface area contributed by atoms with Crippen molar-refractivity contribution < 1.29 is 18.3 Å². The van der Waals surface area contributed by atoms with Gasteiger partial charge in [0.05, 0.1) is 22.6 Å². The third kappa shape index (κ3) is 4.60. The van der Waals surface area contributed by atoms with E-state index in [0.717, 1.165) is 0 Å². The molecule has 0 saturated carbocycles. The van der Waals surface area contributed by atoms with Gasteiger partial charge in [0.2, 0.25) is 0 Å². The zero-order valence-electron chi connectivity index (χ0n) is 8.06. The van der Waals surface area contributed by atoms with Crippen LogP contribution < -0.4 is 0 Å². The van der Waals surface area contributed by atoms with E-state index in [0.29, 0.717) is 10.6 Å². The Morgan fingerprint density at radius 3 is 2.31 bits per heavy atom. The molecule has 1 aromatic rings. The second kappa shape index (κ2) is 5.25. The van der Waals surface area contributed by atoms with Crippen LogP contribution in [0.25, 0.3) is 0 Å². The third-order valence-corrected chi connectivity index (χ3v) is 2.66. The highest BCUT2D eigenvalue weighted by Crippen LogP contribution is 2.26. The van der Waals surface area contributed by atoms with Crippen LogP contribution in [0.5, 0.6) is 0 Å². The molecule has 6 heteroatoms.